The minimum absolute atomic E-state index is 0.0242. The van der Waals surface area contributed by atoms with E-state index in [1.54, 1.807) is 35.2 Å². The van der Waals surface area contributed by atoms with Crippen LogP contribution >= 0.6 is 11.3 Å². The molecule has 2 aromatic rings. The van der Waals surface area contributed by atoms with Gasteiger partial charge in [-0.2, -0.15) is 0 Å². The molecule has 1 aliphatic heterocycles. The molecule has 0 spiro atoms. The van der Waals surface area contributed by atoms with Gasteiger partial charge in [0.1, 0.15) is 5.00 Å². The lowest BCUT2D eigenvalue weighted by atomic mass is 10.0. The molecule has 1 aliphatic rings. The number of aliphatic carboxylic acids is 1. The van der Waals surface area contributed by atoms with Crippen molar-refractivity contribution in [3.8, 4) is 0 Å². The fourth-order valence-corrected chi connectivity index (χ4v) is 4.06. The average molecular weight is 374 g/mol. The number of nitrogens with zero attached hydrogens (tertiary/aromatic N) is 1. The van der Waals surface area contributed by atoms with Gasteiger partial charge in [0.05, 0.1) is 12.1 Å². The van der Waals surface area contributed by atoms with Gasteiger partial charge in [-0.05, 0) is 24.1 Å². The molecule has 3 rings (SSSR count). The van der Waals surface area contributed by atoms with Crippen LogP contribution in [-0.2, 0) is 22.6 Å². The van der Waals surface area contributed by atoms with Gasteiger partial charge in [0.15, 0.2) is 0 Å². The van der Waals surface area contributed by atoms with Crippen LogP contribution in [0.5, 0.6) is 0 Å². The van der Waals surface area contributed by atoms with Gasteiger partial charge in [0.2, 0.25) is 0 Å². The van der Waals surface area contributed by atoms with Gasteiger partial charge < -0.3 is 20.4 Å². The van der Waals surface area contributed by atoms with E-state index in [0.29, 0.717) is 29.0 Å². The van der Waals surface area contributed by atoms with Crippen LogP contribution in [0.4, 0.5) is 5.00 Å². The number of hydrogen-bond acceptors (Lipinski definition) is 5. The fourth-order valence-electron chi connectivity index (χ4n) is 2.81. The highest BCUT2D eigenvalue weighted by Crippen LogP contribution is 2.37. The van der Waals surface area contributed by atoms with Crippen molar-refractivity contribution in [2.75, 3.05) is 11.9 Å². The average Bonchev–Trinajstić information content (AvgIpc) is 2.98. The summed E-state index contributed by atoms with van der Waals surface area (Å²) < 4.78 is 0. The smallest absolute Gasteiger partial charge is 0.394 e. The second-order valence-electron chi connectivity index (χ2n) is 5.62. The SMILES string of the molecule is O=C(O)C(=O)Nc1sc2c(c1C(=O)O)CCN(C(=O)c1ccccc1)C2. The van der Waals surface area contributed by atoms with Crippen LogP contribution in [-0.4, -0.2) is 45.4 Å². The molecule has 2 heterocycles. The molecular weight excluding hydrogens is 360 g/mol. The van der Waals surface area contributed by atoms with Crippen LogP contribution in [0.1, 0.15) is 31.2 Å². The summed E-state index contributed by atoms with van der Waals surface area (Å²) in [6.45, 7) is 0.543. The lowest BCUT2D eigenvalue weighted by Crippen LogP contribution is -2.35. The maximum atomic E-state index is 12.6. The van der Waals surface area contributed by atoms with Crippen molar-refractivity contribution in [1.82, 2.24) is 4.90 Å². The molecule has 0 aliphatic carbocycles. The topological polar surface area (TPSA) is 124 Å². The number of carbonyl (C=O) groups is 4. The standard InChI is InChI=1S/C17H14N2O6S/c20-13(17(24)25)18-14-12(16(22)23)10-6-7-19(8-11(10)26-14)15(21)9-4-2-1-3-5-9/h1-5H,6-8H2,(H,18,20)(H,22,23)(H,24,25). The van der Waals surface area contributed by atoms with Gasteiger partial charge in [-0.25, -0.2) is 9.59 Å². The number of anilines is 1. The van der Waals surface area contributed by atoms with Crippen molar-refractivity contribution < 1.29 is 29.4 Å². The molecule has 8 nitrogen and oxygen atoms in total. The number of carboxylic acids is 2. The predicted octanol–water partition coefficient (Wildman–Crippen LogP) is 1.67. The van der Waals surface area contributed by atoms with E-state index in [2.05, 4.69) is 5.32 Å². The van der Waals surface area contributed by atoms with Crippen LogP contribution in [0.15, 0.2) is 30.3 Å². The van der Waals surface area contributed by atoms with Gasteiger partial charge in [0.25, 0.3) is 5.91 Å². The number of thiophene rings is 1. The third-order valence-electron chi connectivity index (χ3n) is 4.00. The molecule has 26 heavy (non-hydrogen) atoms. The number of amides is 2. The maximum Gasteiger partial charge on any atom is 0.394 e. The van der Waals surface area contributed by atoms with E-state index in [9.17, 15) is 24.3 Å². The number of rotatable bonds is 3. The Morgan fingerprint density at radius 3 is 2.38 bits per heavy atom. The number of aromatic carboxylic acids is 1. The summed E-state index contributed by atoms with van der Waals surface area (Å²) in [6.07, 6.45) is 0.314. The first-order valence-corrected chi connectivity index (χ1v) is 8.46. The van der Waals surface area contributed by atoms with Crippen LogP contribution < -0.4 is 5.32 Å². The largest absolute Gasteiger partial charge is 0.478 e. The Bertz CT molecular complexity index is 905. The molecule has 0 atom stereocenters. The number of fused-ring (bicyclic) bond motifs is 1. The Balaban J connectivity index is 1.89. The Labute approximate surface area is 151 Å². The number of hydrogen-bond donors (Lipinski definition) is 3. The zero-order chi connectivity index (χ0) is 18.8. The van der Waals surface area contributed by atoms with Crippen molar-refractivity contribution >= 4 is 40.1 Å². The zero-order valence-corrected chi connectivity index (χ0v) is 14.2. The number of benzene rings is 1. The molecule has 0 unspecified atom stereocenters. The van der Waals surface area contributed by atoms with Crippen LogP contribution in [0, 0.1) is 0 Å². The van der Waals surface area contributed by atoms with Crippen molar-refractivity contribution in [1.29, 1.82) is 0 Å². The molecule has 0 bridgehead atoms. The first-order chi connectivity index (χ1) is 12.4. The Morgan fingerprint density at radius 1 is 1.08 bits per heavy atom. The molecule has 0 saturated carbocycles. The molecule has 1 aromatic heterocycles. The van der Waals surface area contributed by atoms with Gasteiger partial charge in [-0.15, -0.1) is 11.3 Å². The maximum absolute atomic E-state index is 12.6. The van der Waals surface area contributed by atoms with E-state index in [0.717, 1.165) is 11.3 Å². The minimum Gasteiger partial charge on any atom is -0.478 e. The monoisotopic (exact) mass is 374 g/mol. The van der Waals surface area contributed by atoms with Gasteiger partial charge in [-0.3, -0.25) is 9.59 Å². The molecule has 0 saturated heterocycles. The normalized spacial score (nSPS) is 13.0. The van der Waals surface area contributed by atoms with Crippen molar-refractivity contribution in [3.05, 3.63) is 51.9 Å². The Hall–Kier alpha value is -3.20. The third kappa shape index (κ3) is 3.29. The number of carboxylic acid groups (broad SMARTS) is 2. The molecule has 9 heteroatoms. The van der Waals surface area contributed by atoms with Crippen molar-refractivity contribution in [3.63, 3.8) is 0 Å². The molecule has 0 fully saturated rings. The summed E-state index contributed by atoms with van der Waals surface area (Å²) in [4.78, 5) is 48.5. The van der Waals surface area contributed by atoms with Crippen molar-refractivity contribution in [2.45, 2.75) is 13.0 Å². The summed E-state index contributed by atoms with van der Waals surface area (Å²) in [5.74, 6) is -4.42. The highest BCUT2D eigenvalue weighted by atomic mass is 32.1. The first-order valence-electron chi connectivity index (χ1n) is 7.65. The summed E-state index contributed by atoms with van der Waals surface area (Å²) in [5, 5.41) is 20.2. The highest BCUT2D eigenvalue weighted by molar-refractivity contribution is 7.17. The molecule has 2 amide bonds. The highest BCUT2D eigenvalue weighted by Gasteiger charge is 2.31. The molecule has 134 valence electrons. The molecular formula is C17H14N2O6S. The fraction of sp³-hybridized carbons (Fsp3) is 0.176. The quantitative estimate of drug-likeness (QED) is 0.702. The summed E-state index contributed by atoms with van der Waals surface area (Å²) in [5.41, 5.74) is 0.956. The van der Waals surface area contributed by atoms with Gasteiger partial charge in [0, 0.05) is 17.0 Å². The van der Waals surface area contributed by atoms with E-state index in [-0.39, 0.29) is 23.0 Å². The lowest BCUT2D eigenvalue weighted by molar-refractivity contribution is -0.147. The number of carbonyl (C=O) groups excluding carboxylic acids is 2. The summed E-state index contributed by atoms with van der Waals surface area (Å²) >= 11 is 0.982. The molecule has 0 radical (unpaired) electrons. The van der Waals surface area contributed by atoms with Crippen LogP contribution in [0.25, 0.3) is 0 Å². The minimum atomic E-state index is -1.70. The summed E-state index contributed by atoms with van der Waals surface area (Å²) in [6, 6.07) is 8.73. The van der Waals surface area contributed by atoms with Crippen LogP contribution in [0.3, 0.4) is 0 Å². The lowest BCUT2D eigenvalue weighted by Gasteiger charge is -2.27. The first kappa shape index (κ1) is 17.6. The molecule has 3 N–H and O–H groups in total. The zero-order valence-electron chi connectivity index (χ0n) is 13.4. The van der Waals surface area contributed by atoms with E-state index in [4.69, 9.17) is 5.11 Å². The van der Waals surface area contributed by atoms with Crippen molar-refractivity contribution in [2.24, 2.45) is 0 Å². The number of nitrogens with one attached hydrogen (secondary N) is 1. The predicted molar refractivity (Wildman–Crippen MR) is 92.4 cm³/mol. The second-order valence-corrected chi connectivity index (χ2v) is 6.72. The third-order valence-corrected chi connectivity index (χ3v) is 5.13. The van der Waals surface area contributed by atoms with Gasteiger partial charge >= 0.3 is 17.8 Å². The molecule has 1 aromatic carbocycles. The van der Waals surface area contributed by atoms with Gasteiger partial charge in [-0.1, -0.05) is 18.2 Å². The van der Waals surface area contributed by atoms with E-state index in [1.807, 2.05) is 0 Å². The Morgan fingerprint density at radius 2 is 1.77 bits per heavy atom. The summed E-state index contributed by atoms with van der Waals surface area (Å²) in [7, 11) is 0. The van der Waals surface area contributed by atoms with E-state index < -0.39 is 17.8 Å². The van der Waals surface area contributed by atoms with E-state index >= 15 is 0 Å². The Kier molecular flexibility index (Phi) is 4.72. The van der Waals surface area contributed by atoms with Crippen LogP contribution in [0.2, 0.25) is 0 Å². The van der Waals surface area contributed by atoms with E-state index in [1.165, 1.54) is 0 Å². The second kappa shape index (κ2) is 6.96.